The van der Waals surface area contributed by atoms with Crippen LogP contribution < -0.4 is 0 Å². The molecule has 1 spiro atoms. The number of pyridine rings is 1. The quantitative estimate of drug-likeness (QED) is 0.799. The van der Waals surface area contributed by atoms with Crippen molar-refractivity contribution in [3.63, 3.8) is 0 Å². The van der Waals surface area contributed by atoms with Gasteiger partial charge >= 0.3 is 0 Å². The van der Waals surface area contributed by atoms with Gasteiger partial charge in [-0.1, -0.05) is 6.07 Å². The molecule has 6 nitrogen and oxygen atoms in total. The fraction of sp³-hybridized carbons (Fsp3) is 0.700. The number of nitrogens with zero attached hydrogens (tertiary/aromatic N) is 3. The number of hydrogen-bond acceptors (Lipinski definition) is 5. The van der Waals surface area contributed by atoms with Crippen LogP contribution in [0.2, 0.25) is 0 Å². The molecule has 6 heteroatoms. The van der Waals surface area contributed by atoms with Gasteiger partial charge in [-0.05, 0) is 50.4 Å². The molecule has 142 valence electrons. The summed E-state index contributed by atoms with van der Waals surface area (Å²) in [5, 5.41) is 0. The summed E-state index contributed by atoms with van der Waals surface area (Å²) in [4.78, 5) is 21.2. The largest absolute Gasteiger partial charge is 0.381 e. The summed E-state index contributed by atoms with van der Waals surface area (Å²) in [6.45, 7) is 5.54. The molecule has 26 heavy (non-hydrogen) atoms. The van der Waals surface area contributed by atoms with E-state index in [0.717, 1.165) is 57.7 Å². The van der Waals surface area contributed by atoms with Crippen molar-refractivity contribution in [1.82, 2.24) is 14.8 Å². The monoisotopic (exact) mass is 359 g/mol. The molecule has 4 heterocycles. The van der Waals surface area contributed by atoms with Crippen molar-refractivity contribution in [2.75, 3.05) is 46.5 Å². The van der Waals surface area contributed by atoms with E-state index in [9.17, 15) is 4.79 Å². The lowest BCUT2D eigenvalue weighted by molar-refractivity contribution is -0.155. The molecule has 0 saturated carbocycles. The molecule has 3 fully saturated rings. The minimum atomic E-state index is 0.0832. The molecule has 1 amide bonds. The molecule has 3 aliphatic rings. The van der Waals surface area contributed by atoms with Crippen molar-refractivity contribution in [2.24, 2.45) is 11.8 Å². The van der Waals surface area contributed by atoms with Crippen LogP contribution in [0.3, 0.4) is 0 Å². The highest BCUT2D eigenvalue weighted by atomic mass is 16.5. The van der Waals surface area contributed by atoms with Crippen molar-refractivity contribution in [2.45, 2.75) is 31.4 Å². The second-order valence-electron chi connectivity index (χ2n) is 8.14. The summed E-state index contributed by atoms with van der Waals surface area (Å²) in [5.74, 6) is 0.936. The number of carbonyl (C=O) groups excluding carboxylic acids is 1. The number of aromatic nitrogens is 1. The lowest BCUT2D eigenvalue weighted by Gasteiger charge is -2.59. The van der Waals surface area contributed by atoms with E-state index in [-0.39, 0.29) is 17.4 Å². The first-order valence-corrected chi connectivity index (χ1v) is 9.71. The van der Waals surface area contributed by atoms with E-state index in [2.05, 4.69) is 16.9 Å². The zero-order valence-corrected chi connectivity index (χ0v) is 15.6. The van der Waals surface area contributed by atoms with E-state index in [1.807, 2.05) is 23.2 Å². The van der Waals surface area contributed by atoms with Gasteiger partial charge in [0, 0.05) is 38.7 Å². The summed E-state index contributed by atoms with van der Waals surface area (Å²) < 4.78 is 11.3. The number of likely N-dealkylation sites (N-methyl/N-ethyl adjacent to an activating group) is 1. The third-order valence-corrected chi connectivity index (χ3v) is 6.26. The predicted octanol–water partition coefficient (Wildman–Crippen LogP) is 1.56. The highest BCUT2D eigenvalue weighted by molar-refractivity contribution is 5.80. The van der Waals surface area contributed by atoms with Crippen LogP contribution in [0.25, 0.3) is 0 Å². The van der Waals surface area contributed by atoms with Crippen LogP contribution in [0.4, 0.5) is 0 Å². The molecular formula is C20H29N3O3. The summed E-state index contributed by atoms with van der Waals surface area (Å²) in [6, 6.07) is 3.99. The molecule has 3 aliphatic heterocycles. The van der Waals surface area contributed by atoms with E-state index in [1.165, 1.54) is 0 Å². The van der Waals surface area contributed by atoms with Crippen LogP contribution in [0.5, 0.6) is 0 Å². The first-order chi connectivity index (χ1) is 12.7. The summed E-state index contributed by atoms with van der Waals surface area (Å²) in [7, 11) is 2.20. The minimum Gasteiger partial charge on any atom is -0.381 e. The van der Waals surface area contributed by atoms with Crippen molar-refractivity contribution in [1.29, 1.82) is 0 Å². The average Bonchev–Trinajstić information content (AvgIpc) is 3.16. The SMILES string of the molecule is CN1CC[C@H](COCc2cccnc2)CC12CN(C(=O)[C@@H]1CCOC1)C2. The lowest BCUT2D eigenvalue weighted by Crippen LogP contribution is -2.73. The van der Waals surface area contributed by atoms with Crippen molar-refractivity contribution < 1.29 is 14.3 Å². The van der Waals surface area contributed by atoms with E-state index >= 15 is 0 Å². The Morgan fingerprint density at radius 1 is 1.42 bits per heavy atom. The summed E-state index contributed by atoms with van der Waals surface area (Å²) >= 11 is 0. The minimum absolute atomic E-state index is 0.0832. The van der Waals surface area contributed by atoms with E-state index in [1.54, 1.807) is 6.20 Å². The van der Waals surface area contributed by atoms with Crippen molar-refractivity contribution in [3.05, 3.63) is 30.1 Å². The standard InChI is InChI=1S/C20H29N3O3/c1-22-7-4-16(11-26-12-17-3-2-6-21-10-17)9-20(22)14-23(15-20)19(24)18-5-8-25-13-18/h2-3,6,10,16,18H,4-5,7-9,11-15H2,1H3/t16-,18+/m0/s1. The topological polar surface area (TPSA) is 54.9 Å². The third-order valence-electron chi connectivity index (χ3n) is 6.26. The van der Waals surface area contributed by atoms with Crippen molar-refractivity contribution >= 4 is 5.91 Å². The Morgan fingerprint density at radius 2 is 2.31 bits per heavy atom. The lowest BCUT2D eigenvalue weighted by atomic mass is 9.75. The van der Waals surface area contributed by atoms with E-state index in [4.69, 9.17) is 9.47 Å². The maximum atomic E-state index is 12.6. The maximum absolute atomic E-state index is 12.6. The van der Waals surface area contributed by atoms with Gasteiger partial charge in [0.05, 0.1) is 24.7 Å². The molecule has 0 bridgehead atoms. The van der Waals surface area contributed by atoms with Gasteiger partial charge in [-0.2, -0.15) is 0 Å². The van der Waals surface area contributed by atoms with Crippen LogP contribution in [0, 0.1) is 11.8 Å². The van der Waals surface area contributed by atoms with Gasteiger partial charge in [0.2, 0.25) is 5.91 Å². The van der Waals surface area contributed by atoms with E-state index < -0.39 is 0 Å². The third kappa shape index (κ3) is 3.63. The van der Waals surface area contributed by atoms with Gasteiger partial charge in [-0.25, -0.2) is 0 Å². The van der Waals surface area contributed by atoms with Crippen LogP contribution in [-0.4, -0.2) is 72.7 Å². The Morgan fingerprint density at radius 3 is 3.04 bits per heavy atom. The number of rotatable bonds is 5. The maximum Gasteiger partial charge on any atom is 0.228 e. The Kier molecular flexibility index (Phi) is 5.25. The van der Waals surface area contributed by atoms with Gasteiger partial charge in [0.15, 0.2) is 0 Å². The molecule has 0 radical (unpaired) electrons. The molecule has 3 saturated heterocycles. The summed E-state index contributed by atoms with van der Waals surface area (Å²) in [6.07, 6.45) is 6.80. The van der Waals surface area contributed by atoms with Crippen molar-refractivity contribution in [3.8, 4) is 0 Å². The van der Waals surface area contributed by atoms with E-state index in [0.29, 0.717) is 19.1 Å². The second-order valence-corrected chi connectivity index (χ2v) is 8.14. The van der Waals surface area contributed by atoms with Crippen LogP contribution in [0.1, 0.15) is 24.8 Å². The fourth-order valence-electron chi connectivity index (χ4n) is 4.56. The van der Waals surface area contributed by atoms with Gasteiger partial charge in [0.25, 0.3) is 0 Å². The van der Waals surface area contributed by atoms with Gasteiger partial charge in [-0.15, -0.1) is 0 Å². The van der Waals surface area contributed by atoms with Gasteiger partial charge in [-0.3, -0.25) is 14.7 Å². The molecule has 0 aromatic carbocycles. The number of piperidine rings is 1. The molecule has 1 aromatic heterocycles. The average molecular weight is 359 g/mol. The smallest absolute Gasteiger partial charge is 0.228 e. The number of hydrogen-bond donors (Lipinski definition) is 0. The zero-order valence-electron chi connectivity index (χ0n) is 15.6. The summed E-state index contributed by atoms with van der Waals surface area (Å²) in [5.41, 5.74) is 1.27. The number of amides is 1. The highest BCUT2D eigenvalue weighted by Crippen LogP contribution is 2.39. The zero-order chi connectivity index (χ0) is 18.0. The molecule has 1 aromatic rings. The fourth-order valence-corrected chi connectivity index (χ4v) is 4.56. The number of likely N-dealkylation sites (tertiary alicyclic amines) is 2. The molecule has 4 rings (SSSR count). The molecule has 0 aliphatic carbocycles. The Hall–Kier alpha value is -1.50. The molecule has 2 atom stereocenters. The molecule has 0 unspecified atom stereocenters. The first-order valence-electron chi connectivity index (χ1n) is 9.71. The highest BCUT2D eigenvalue weighted by Gasteiger charge is 2.51. The number of carbonyl (C=O) groups is 1. The van der Waals surface area contributed by atoms with Crippen LogP contribution in [-0.2, 0) is 20.9 Å². The Labute approximate surface area is 155 Å². The molecule has 0 N–H and O–H groups in total. The first kappa shape index (κ1) is 17.9. The Balaban J connectivity index is 1.26. The normalized spacial score (nSPS) is 28.3. The number of ether oxygens (including phenoxy) is 2. The predicted molar refractivity (Wildman–Crippen MR) is 97.5 cm³/mol. The van der Waals surface area contributed by atoms with Crippen LogP contribution >= 0.6 is 0 Å². The van der Waals surface area contributed by atoms with Crippen LogP contribution in [0.15, 0.2) is 24.5 Å². The van der Waals surface area contributed by atoms with Gasteiger partial charge < -0.3 is 14.4 Å². The second kappa shape index (κ2) is 7.62. The molecular weight excluding hydrogens is 330 g/mol. The van der Waals surface area contributed by atoms with Gasteiger partial charge in [0.1, 0.15) is 0 Å². The Bertz CT molecular complexity index is 612.